The molecule has 6 nitrogen and oxygen atoms in total. The summed E-state index contributed by atoms with van der Waals surface area (Å²) in [4.78, 5) is 31.8. The zero-order chi connectivity index (χ0) is 19.6. The summed E-state index contributed by atoms with van der Waals surface area (Å²) in [5, 5.41) is 2.88. The molecule has 2 amide bonds. The van der Waals surface area contributed by atoms with E-state index in [-0.39, 0.29) is 29.0 Å². The number of benzene rings is 1. The number of halogens is 1. The number of aromatic nitrogens is 1. The maximum atomic E-state index is 13.1. The molecule has 0 bridgehead atoms. The van der Waals surface area contributed by atoms with E-state index in [4.69, 9.17) is 4.74 Å². The van der Waals surface area contributed by atoms with Crippen molar-refractivity contribution in [3.8, 4) is 0 Å². The minimum absolute atomic E-state index is 0.148. The van der Waals surface area contributed by atoms with Crippen LogP contribution in [0.3, 0.4) is 0 Å². The molecular formula is C21H22FN3O3. The van der Waals surface area contributed by atoms with Gasteiger partial charge in [-0.3, -0.25) is 14.6 Å². The van der Waals surface area contributed by atoms with Crippen LogP contribution < -0.4 is 5.32 Å². The van der Waals surface area contributed by atoms with E-state index in [9.17, 15) is 14.0 Å². The van der Waals surface area contributed by atoms with Gasteiger partial charge in [0.05, 0.1) is 5.92 Å². The van der Waals surface area contributed by atoms with Crippen LogP contribution in [-0.2, 0) is 9.53 Å². The Morgan fingerprint density at radius 3 is 2.57 bits per heavy atom. The van der Waals surface area contributed by atoms with Gasteiger partial charge in [0, 0.05) is 43.6 Å². The van der Waals surface area contributed by atoms with Crippen molar-refractivity contribution < 1.29 is 18.7 Å². The van der Waals surface area contributed by atoms with Crippen LogP contribution in [0, 0.1) is 17.2 Å². The summed E-state index contributed by atoms with van der Waals surface area (Å²) in [5.74, 6) is -1.02. The predicted molar refractivity (Wildman–Crippen MR) is 101 cm³/mol. The van der Waals surface area contributed by atoms with Crippen LogP contribution >= 0.6 is 0 Å². The average Bonchev–Trinajstić information content (AvgIpc) is 3.09. The van der Waals surface area contributed by atoms with E-state index < -0.39 is 0 Å². The molecule has 1 atom stereocenters. The summed E-state index contributed by atoms with van der Waals surface area (Å²) in [6.45, 7) is 1.99. The highest BCUT2D eigenvalue weighted by molar-refractivity contribution is 5.96. The van der Waals surface area contributed by atoms with Crippen LogP contribution in [0.25, 0.3) is 0 Å². The van der Waals surface area contributed by atoms with Gasteiger partial charge in [0.15, 0.2) is 0 Å². The summed E-state index contributed by atoms with van der Waals surface area (Å²) in [6.07, 6.45) is 3.03. The van der Waals surface area contributed by atoms with Crippen molar-refractivity contribution in [1.29, 1.82) is 0 Å². The highest BCUT2D eigenvalue weighted by Gasteiger charge is 2.51. The topological polar surface area (TPSA) is 71.5 Å². The molecule has 1 N–H and O–H groups in total. The molecule has 2 aromatic rings. The molecule has 2 fully saturated rings. The first-order valence-corrected chi connectivity index (χ1v) is 9.42. The van der Waals surface area contributed by atoms with Gasteiger partial charge in [-0.15, -0.1) is 0 Å². The fourth-order valence-electron chi connectivity index (χ4n) is 4.18. The van der Waals surface area contributed by atoms with Crippen molar-refractivity contribution in [3.05, 3.63) is 60.2 Å². The molecule has 146 valence electrons. The molecule has 1 unspecified atom stereocenters. The highest BCUT2D eigenvalue weighted by Crippen LogP contribution is 2.45. The Balaban J connectivity index is 1.56. The number of anilines is 1. The number of rotatable bonds is 3. The third-order valence-corrected chi connectivity index (χ3v) is 5.74. The second-order valence-electron chi connectivity index (χ2n) is 7.42. The van der Waals surface area contributed by atoms with Crippen molar-refractivity contribution in [2.75, 3.05) is 31.6 Å². The summed E-state index contributed by atoms with van der Waals surface area (Å²) in [5.41, 5.74) is 0.611. The Morgan fingerprint density at radius 1 is 1.14 bits per heavy atom. The molecule has 4 rings (SSSR count). The normalized spacial score (nSPS) is 20.9. The molecule has 2 aliphatic heterocycles. The maximum absolute atomic E-state index is 13.1. The monoisotopic (exact) mass is 383 g/mol. The molecule has 0 radical (unpaired) electrons. The van der Waals surface area contributed by atoms with Crippen LogP contribution in [-0.4, -0.2) is 48.0 Å². The van der Waals surface area contributed by atoms with Crippen LogP contribution in [0.1, 0.15) is 23.3 Å². The van der Waals surface area contributed by atoms with Gasteiger partial charge in [-0.25, -0.2) is 4.39 Å². The van der Waals surface area contributed by atoms with Crippen molar-refractivity contribution >= 4 is 17.5 Å². The Bertz CT molecular complexity index is 851. The fraction of sp³-hybridized carbons (Fsp3) is 0.381. The van der Waals surface area contributed by atoms with Crippen molar-refractivity contribution in [3.63, 3.8) is 0 Å². The van der Waals surface area contributed by atoms with E-state index in [1.807, 2.05) is 0 Å². The molecule has 0 aliphatic carbocycles. The Kier molecular flexibility index (Phi) is 5.09. The molecule has 3 heterocycles. The van der Waals surface area contributed by atoms with E-state index in [0.717, 1.165) is 12.8 Å². The lowest BCUT2D eigenvalue weighted by atomic mass is 9.71. The molecule has 1 aromatic heterocycles. The van der Waals surface area contributed by atoms with E-state index in [1.54, 1.807) is 29.3 Å². The zero-order valence-electron chi connectivity index (χ0n) is 15.4. The van der Waals surface area contributed by atoms with Gasteiger partial charge < -0.3 is 15.0 Å². The Labute approximate surface area is 162 Å². The van der Waals surface area contributed by atoms with Gasteiger partial charge in [0.25, 0.3) is 5.91 Å². The minimum atomic E-state index is -0.355. The first kappa shape index (κ1) is 18.6. The molecule has 1 aromatic carbocycles. The number of nitrogens with zero attached hydrogens (tertiary/aromatic N) is 2. The molecule has 1 spiro atoms. The maximum Gasteiger partial charge on any atom is 0.272 e. The van der Waals surface area contributed by atoms with Gasteiger partial charge in [0.1, 0.15) is 11.5 Å². The standard InChI is InChI=1S/C21H22FN3O3/c22-15-4-6-16(7-5-15)24-19(26)17-13-25(14-21(17)8-11-28-12-9-21)20(27)18-3-1-2-10-23-18/h1-7,10,17H,8-9,11-14H2,(H,24,26). The highest BCUT2D eigenvalue weighted by atomic mass is 19.1. The lowest BCUT2D eigenvalue weighted by Gasteiger charge is -2.37. The lowest BCUT2D eigenvalue weighted by molar-refractivity contribution is -0.124. The van der Waals surface area contributed by atoms with Gasteiger partial charge in [-0.1, -0.05) is 6.07 Å². The summed E-state index contributed by atoms with van der Waals surface area (Å²) in [6, 6.07) is 10.9. The second-order valence-corrected chi connectivity index (χ2v) is 7.42. The van der Waals surface area contributed by atoms with E-state index in [2.05, 4.69) is 10.3 Å². The van der Waals surface area contributed by atoms with Gasteiger partial charge in [-0.05, 0) is 49.2 Å². The first-order valence-electron chi connectivity index (χ1n) is 9.42. The minimum Gasteiger partial charge on any atom is -0.381 e. The number of likely N-dealkylation sites (tertiary alicyclic amines) is 1. The molecule has 2 aliphatic rings. The van der Waals surface area contributed by atoms with Crippen molar-refractivity contribution in [2.24, 2.45) is 11.3 Å². The molecule has 2 saturated heterocycles. The summed E-state index contributed by atoms with van der Waals surface area (Å²) >= 11 is 0. The number of ether oxygens (including phenoxy) is 1. The van der Waals surface area contributed by atoms with Crippen LogP contribution in [0.2, 0.25) is 0 Å². The molecule has 0 saturated carbocycles. The number of pyridine rings is 1. The molecule has 7 heteroatoms. The van der Waals surface area contributed by atoms with Gasteiger partial charge >= 0.3 is 0 Å². The van der Waals surface area contributed by atoms with Crippen LogP contribution in [0.4, 0.5) is 10.1 Å². The largest absolute Gasteiger partial charge is 0.381 e. The predicted octanol–water partition coefficient (Wildman–Crippen LogP) is 2.73. The third-order valence-electron chi connectivity index (χ3n) is 5.74. The van der Waals surface area contributed by atoms with Crippen LogP contribution in [0.5, 0.6) is 0 Å². The first-order chi connectivity index (χ1) is 13.6. The van der Waals surface area contributed by atoms with Crippen molar-refractivity contribution in [2.45, 2.75) is 12.8 Å². The number of carbonyl (C=O) groups is 2. The average molecular weight is 383 g/mol. The van der Waals surface area contributed by atoms with E-state index >= 15 is 0 Å². The lowest BCUT2D eigenvalue weighted by Crippen LogP contribution is -2.42. The number of carbonyl (C=O) groups excluding carboxylic acids is 2. The number of hydrogen-bond donors (Lipinski definition) is 1. The van der Waals surface area contributed by atoms with Gasteiger partial charge in [-0.2, -0.15) is 0 Å². The van der Waals surface area contributed by atoms with Crippen LogP contribution in [0.15, 0.2) is 48.7 Å². The second kappa shape index (κ2) is 7.67. The SMILES string of the molecule is O=C(Nc1ccc(F)cc1)C1CN(C(=O)c2ccccn2)CC12CCOCC2. The fourth-order valence-corrected chi connectivity index (χ4v) is 4.18. The zero-order valence-corrected chi connectivity index (χ0v) is 15.4. The number of hydrogen-bond acceptors (Lipinski definition) is 4. The Hall–Kier alpha value is -2.80. The quantitative estimate of drug-likeness (QED) is 0.885. The number of amides is 2. The summed E-state index contributed by atoms with van der Waals surface area (Å²) in [7, 11) is 0. The summed E-state index contributed by atoms with van der Waals surface area (Å²) < 4.78 is 18.6. The third kappa shape index (κ3) is 3.62. The molecule has 28 heavy (non-hydrogen) atoms. The molecular weight excluding hydrogens is 361 g/mol. The van der Waals surface area contributed by atoms with Gasteiger partial charge in [0.2, 0.25) is 5.91 Å². The van der Waals surface area contributed by atoms with Crippen molar-refractivity contribution in [1.82, 2.24) is 9.88 Å². The Morgan fingerprint density at radius 2 is 1.89 bits per heavy atom. The van der Waals surface area contributed by atoms with E-state index in [1.165, 1.54) is 24.3 Å². The number of nitrogens with one attached hydrogen (secondary N) is 1. The van der Waals surface area contributed by atoms with E-state index in [0.29, 0.717) is 37.7 Å². The smallest absolute Gasteiger partial charge is 0.272 e.